The first-order valence-electron chi connectivity index (χ1n) is 7.11. The van der Waals surface area contributed by atoms with E-state index < -0.39 is 10.0 Å². The highest BCUT2D eigenvalue weighted by molar-refractivity contribution is 7.89. The molecule has 0 atom stereocenters. The molecule has 7 heteroatoms. The summed E-state index contributed by atoms with van der Waals surface area (Å²) in [5, 5.41) is 7.44. The van der Waals surface area contributed by atoms with Crippen LogP contribution in [-0.2, 0) is 16.6 Å². The van der Waals surface area contributed by atoms with E-state index in [2.05, 4.69) is 29.0 Å². The molecule has 1 saturated carbocycles. The Balaban J connectivity index is 1.88. The van der Waals surface area contributed by atoms with Crippen molar-refractivity contribution in [2.24, 2.45) is 0 Å². The first-order chi connectivity index (χ1) is 9.31. The van der Waals surface area contributed by atoms with Crippen molar-refractivity contribution in [3.63, 3.8) is 0 Å². The van der Waals surface area contributed by atoms with Crippen molar-refractivity contribution in [3.8, 4) is 0 Å². The Kier molecular flexibility index (Phi) is 4.51. The van der Waals surface area contributed by atoms with Gasteiger partial charge in [-0.2, -0.15) is 5.10 Å². The fourth-order valence-electron chi connectivity index (χ4n) is 1.91. The van der Waals surface area contributed by atoms with E-state index in [0.717, 1.165) is 25.8 Å². The molecule has 1 aliphatic carbocycles. The topological polar surface area (TPSA) is 76.0 Å². The van der Waals surface area contributed by atoms with Gasteiger partial charge >= 0.3 is 0 Å². The maximum atomic E-state index is 12.1. The van der Waals surface area contributed by atoms with Crippen LogP contribution in [0.25, 0.3) is 0 Å². The van der Waals surface area contributed by atoms with Crippen LogP contribution in [0.5, 0.6) is 0 Å². The van der Waals surface area contributed by atoms with Gasteiger partial charge in [-0.25, -0.2) is 13.1 Å². The second kappa shape index (κ2) is 5.83. The number of hydrogen-bond donors (Lipinski definition) is 2. The molecule has 1 aliphatic rings. The van der Waals surface area contributed by atoms with E-state index in [1.165, 1.54) is 6.20 Å². The number of nitrogens with one attached hydrogen (secondary N) is 2. The Hall–Kier alpha value is -0.920. The molecule has 2 N–H and O–H groups in total. The van der Waals surface area contributed by atoms with Gasteiger partial charge in [-0.05, 0) is 32.7 Å². The maximum absolute atomic E-state index is 12.1. The zero-order chi connectivity index (χ0) is 14.8. The Morgan fingerprint density at radius 3 is 2.75 bits per heavy atom. The summed E-state index contributed by atoms with van der Waals surface area (Å²) in [4.78, 5) is 0.252. The third-order valence-electron chi connectivity index (χ3n) is 3.42. The van der Waals surface area contributed by atoms with Gasteiger partial charge in [0, 0.05) is 24.3 Å². The molecular formula is C13H24N4O2S. The number of sulfonamides is 1. The fourth-order valence-corrected chi connectivity index (χ4v) is 3.33. The number of aromatic nitrogens is 2. The second-order valence-corrected chi connectivity index (χ2v) is 7.75. The molecule has 2 rings (SSSR count). The number of nitrogens with zero attached hydrogens (tertiary/aromatic N) is 2. The highest BCUT2D eigenvalue weighted by Crippen LogP contribution is 2.35. The van der Waals surface area contributed by atoms with Crippen LogP contribution >= 0.6 is 0 Å². The van der Waals surface area contributed by atoms with E-state index in [1.807, 2.05) is 6.92 Å². The number of aryl methyl sites for hydroxylation is 1. The molecule has 0 radical (unpaired) electrons. The van der Waals surface area contributed by atoms with Crippen LogP contribution < -0.4 is 10.0 Å². The molecule has 0 spiro atoms. The van der Waals surface area contributed by atoms with Crippen LogP contribution in [0.4, 0.5) is 0 Å². The molecule has 0 aromatic carbocycles. The van der Waals surface area contributed by atoms with Crippen molar-refractivity contribution in [1.29, 1.82) is 0 Å². The smallest absolute Gasteiger partial charge is 0.244 e. The second-order valence-electron chi connectivity index (χ2n) is 6.07. The van der Waals surface area contributed by atoms with Crippen molar-refractivity contribution in [2.75, 3.05) is 6.54 Å². The molecule has 0 amide bonds. The predicted molar refractivity (Wildman–Crippen MR) is 77.9 cm³/mol. The van der Waals surface area contributed by atoms with Crippen molar-refractivity contribution in [3.05, 3.63) is 12.4 Å². The predicted octanol–water partition coefficient (Wildman–Crippen LogP) is 1.10. The molecule has 0 unspecified atom stereocenters. The molecule has 6 nitrogen and oxygen atoms in total. The average molecular weight is 300 g/mol. The van der Waals surface area contributed by atoms with E-state index in [9.17, 15) is 8.42 Å². The van der Waals surface area contributed by atoms with Gasteiger partial charge in [0.1, 0.15) is 4.90 Å². The molecule has 0 aliphatic heterocycles. The van der Waals surface area contributed by atoms with Gasteiger partial charge in [0.25, 0.3) is 0 Å². The SMILES string of the molecule is CC(C)NCCCn1cc(S(=O)(=O)NC2(C)CC2)cn1. The zero-order valence-electron chi connectivity index (χ0n) is 12.4. The molecular weight excluding hydrogens is 276 g/mol. The van der Waals surface area contributed by atoms with Crippen LogP contribution in [0.15, 0.2) is 17.3 Å². The summed E-state index contributed by atoms with van der Waals surface area (Å²) in [5.74, 6) is 0. The molecule has 1 heterocycles. The number of rotatable bonds is 8. The summed E-state index contributed by atoms with van der Waals surface area (Å²) >= 11 is 0. The van der Waals surface area contributed by atoms with E-state index in [-0.39, 0.29) is 10.4 Å². The van der Waals surface area contributed by atoms with Gasteiger partial charge in [-0.3, -0.25) is 4.68 Å². The molecule has 1 aromatic heterocycles. The molecule has 0 saturated heterocycles. The lowest BCUT2D eigenvalue weighted by Crippen LogP contribution is -2.34. The molecule has 1 fully saturated rings. The van der Waals surface area contributed by atoms with Gasteiger partial charge in [-0.15, -0.1) is 0 Å². The van der Waals surface area contributed by atoms with Crippen molar-refractivity contribution in [1.82, 2.24) is 19.8 Å². The van der Waals surface area contributed by atoms with Crippen LogP contribution in [0.2, 0.25) is 0 Å². The standard InChI is InChI=1S/C13H24N4O2S/c1-11(2)14-7-4-8-17-10-12(9-15-17)20(18,19)16-13(3)5-6-13/h9-11,14,16H,4-8H2,1-3H3. The quantitative estimate of drug-likeness (QED) is 0.705. The molecule has 0 bridgehead atoms. The van der Waals surface area contributed by atoms with Crippen molar-refractivity contribution in [2.45, 2.75) is 63.1 Å². The molecule has 20 heavy (non-hydrogen) atoms. The highest BCUT2D eigenvalue weighted by Gasteiger charge is 2.41. The van der Waals surface area contributed by atoms with Gasteiger partial charge in [0.05, 0.1) is 6.20 Å². The summed E-state index contributed by atoms with van der Waals surface area (Å²) in [7, 11) is -3.43. The minimum Gasteiger partial charge on any atom is -0.314 e. The molecule has 114 valence electrons. The van der Waals surface area contributed by atoms with E-state index >= 15 is 0 Å². The highest BCUT2D eigenvalue weighted by atomic mass is 32.2. The Morgan fingerprint density at radius 1 is 1.45 bits per heavy atom. The Labute approximate surface area is 121 Å². The third-order valence-corrected chi connectivity index (χ3v) is 5.01. The molecule has 1 aromatic rings. The summed E-state index contributed by atoms with van der Waals surface area (Å²) in [6.45, 7) is 7.74. The third kappa shape index (κ3) is 4.29. The van der Waals surface area contributed by atoms with Gasteiger partial charge in [0.2, 0.25) is 10.0 Å². The summed E-state index contributed by atoms with van der Waals surface area (Å²) < 4.78 is 28.7. The van der Waals surface area contributed by atoms with E-state index in [1.54, 1.807) is 10.9 Å². The van der Waals surface area contributed by atoms with Crippen LogP contribution in [0, 0.1) is 0 Å². The summed E-state index contributed by atoms with van der Waals surface area (Å²) in [6.07, 6.45) is 5.75. The summed E-state index contributed by atoms with van der Waals surface area (Å²) in [5.41, 5.74) is -0.248. The fraction of sp³-hybridized carbons (Fsp3) is 0.769. The Morgan fingerprint density at radius 2 is 2.15 bits per heavy atom. The number of hydrogen-bond acceptors (Lipinski definition) is 4. The monoisotopic (exact) mass is 300 g/mol. The maximum Gasteiger partial charge on any atom is 0.244 e. The minimum atomic E-state index is -3.43. The van der Waals surface area contributed by atoms with Crippen LogP contribution in [-0.4, -0.2) is 36.3 Å². The first-order valence-corrected chi connectivity index (χ1v) is 8.59. The van der Waals surface area contributed by atoms with Gasteiger partial charge in [-0.1, -0.05) is 13.8 Å². The van der Waals surface area contributed by atoms with Crippen molar-refractivity contribution >= 4 is 10.0 Å². The Bertz CT molecular complexity index is 546. The summed E-state index contributed by atoms with van der Waals surface area (Å²) in [6, 6.07) is 0.465. The normalized spacial score (nSPS) is 17.6. The van der Waals surface area contributed by atoms with Gasteiger partial charge in [0.15, 0.2) is 0 Å². The van der Waals surface area contributed by atoms with Gasteiger partial charge < -0.3 is 5.32 Å². The lowest BCUT2D eigenvalue weighted by Gasteiger charge is -2.10. The lowest BCUT2D eigenvalue weighted by molar-refractivity contribution is 0.513. The van der Waals surface area contributed by atoms with E-state index in [4.69, 9.17) is 0 Å². The van der Waals surface area contributed by atoms with Crippen LogP contribution in [0.1, 0.15) is 40.0 Å². The largest absolute Gasteiger partial charge is 0.314 e. The zero-order valence-corrected chi connectivity index (χ0v) is 13.2. The average Bonchev–Trinajstić information content (AvgIpc) is 2.89. The van der Waals surface area contributed by atoms with Crippen molar-refractivity contribution < 1.29 is 8.42 Å². The minimum absolute atomic E-state index is 0.248. The lowest BCUT2D eigenvalue weighted by atomic mass is 10.3. The van der Waals surface area contributed by atoms with E-state index in [0.29, 0.717) is 12.6 Å². The van der Waals surface area contributed by atoms with Crippen LogP contribution in [0.3, 0.4) is 0 Å². The first kappa shape index (κ1) is 15.5.